The molecule has 1 aromatic heterocycles. The van der Waals surface area contributed by atoms with E-state index in [4.69, 9.17) is 4.74 Å². The fraction of sp³-hybridized carbons (Fsp3) is 0.545. The van der Waals surface area contributed by atoms with Crippen LogP contribution in [-0.2, 0) is 0 Å². The molecule has 0 saturated carbocycles. The van der Waals surface area contributed by atoms with Gasteiger partial charge < -0.3 is 10.1 Å². The molecule has 0 radical (unpaired) electrons. The maximum Gasteiger partial charge on any atom is 0.413 e. The molecule has 3 nitrogen and oxygen atoms in total. The number of ether oxygens (including phenoxy) is 1. The van der Waals surface area contributed by atoms with E-state index in [2.05, 4.69) is 21.2 Å². The van der Waals surface area contributed by atoms with Crippen molar-refractivity contribution in [1.29, 1.82) is 0 Å². The van der Waals surface area contributed by atoms with Gasteiger partial charge in [-0.1, -0.05) is 0 Å². The Bertz CT molecular complexity index is 407. The standard InChI is InChI=1S/C11H16BrNO2S/c1-6-8(7(2)16-9(6)12)15-10(14)13-11(3,4)5/h1-5H3,(H,13,14). The van der Waals surface area contributed by atoms with Crippen LogP contribution in [0.15, 0.2) is 3.79 Å². The zero-order chi connectivity index (χ0) is 12.5. The minimum atomic E-state index is -0.413. The van der Waals surface area contributed by atoms with Gasteiger partial charge in [0.05, 0.1) is 3.79 Å². The molecule has 0 fully saturated rings. The van der Waals surface area contributed by atoms with Crippen molar-refractivity contribution in [2.24, 2.45) is 0 Å². The van der Waals surface area contributed by atoms with Crippen LogP contribution in [0.2, 0.25) is 0 Å². The Morgan fingerprint density at radius 2 is 1.94 bits per heavy atom. The van der Waals surface area contributed by atoms with Gasteiger partial charge in [-0.25, -0.2) is 4.79 Å². The summed E-state index contributed by atoms with van der Waals surface area (Å²) in [5, 5.41) is 2.76. The summed E-state index contributed by atoms with van der Waals surface area (Å²) in [5.74, 6) is 0.652. The molecule has 1 N–H and O–H groups in total. The van der Waals surface area contributed by atoms with Crippen LogP contribution in [0.3, 0.4) is 0 Å². The molecule has 0 aliphatic heterocycles. The first-order valence-corrected chi connectivity index (χ1v) is 6.57. The number of thiophene rings is 1. The Balaban J connectivity index is 2.78. The van der Waals surface area contributed by atoms with Crippen molar-refractivity contribution in [2.75, 3.05) is 0 Å². The average molecular weight is 306 g/mol. The molecule has 0 unspecified atom stereocenters. The Morgan fingerprint density at radius 1 is 1.38 bits per heavy atom. The topological polar surface area (TPSA) is 38.3 Å². The number of aryl methyl sites for hydroxylation is 1. The zero-order valence-electron chi connectivity index (χ0n) is 10.1. The lowest BCUT2D eigenvalue weighted by atomic mass is 10.1. The summed E-state index contributed by atoms with van der Waals surface area (Å²) in [6, 6.07) is 0. The number of halogens is 1. The van der Waals surface area contributed by atoms with Crippen molar-refractivity contribution < 1.29 is 9.53 Å². The molecule has 0 spiro atoms. The Morgan fingerprint density at radius 3 is 2.31 bits per heavy atom. The number of hydrogen-bond donors (Lipinski definition) is 1. The smallest absolute Gasteiger partial charge is 0.409 e. The molecular weight excluding hydrogens is 290 g/mol. The molecule has 90 valence electrons. The van der Waals surface area contributed by atoms with Crippen molar-refractivity contribution in [2.45, 2.75) is 40.2 Å². The first-order chi connectivity index (χ1) is 7.20. The third-order valence-electron chi connectivity index (χ3n) is 1.87. The summed E-state index contributed by atoms with van der Waals surface area (Å²) in [7, 11) is 0. The van der Waals surface area contributed by atoms with Gasteiger partial charge in [-0.2, -0.15) is 0 Å². The highest BCUT2D eigenvalue weighted by atomic mass is 79.9. The Kier molecular flexibility index (Phi) is 4.02. The van der Waals surface area contributed by atoms with Gasteiger partial charge in [0.2, 0.25) is 0 Å². The fourth-order valence-corrected chi connectivity index (χ4v) is 2.89. The molecule has 5 heteroatoms. The first-order valence-electron chi connectivity index (χ1n) is 4.96. The van der Waals surface area contributed by atoms with E-state index >= 15 is 0 Å². The fourth-order valence-electron chi connectivity index (χ4n) is 1.18. The van der Waals surface area contributed by atoms with Crippen LogP contribution in [0.1, 0.15) is 31.2 Å². The van der Waals surface area contributed by atoms with Crippen LogP contribution in [-0.4, -0.2) is 11.6 Å². The van der Waals surface area contributed by atoms with Crippen molar-refractivity contribution in [3.05, 3.63) is 14.2 Å². The molecule has 0 atom stereocenters. The van der Waals surface area contributed by atoms with Gasteiger partial charge in [0, 0.05) is 16.0 Å². The van der Waals surface area contributed by atoms with Crippen LogP contribution in [0.4, 0.5) is 4.79 Å². The lowest BCUT2D eigenvalue weighted by Gasteiger charge is -2.20. The maximum absolute atomic E-state index is 11.6. The second kappa shape index (κ2) is 4.75. The first kappa shape index (κ1) is 13.5. The predicted molar refractivity (Wildman–Crippen MR) is 70.4 cm³/mol. The molecule has 16 heavy (non-hydrogen) atoms. The van der Waals surface area contributed by atoms with Crippen LogP contribution >= 0.6 is 27.3 Å². The number of carbonyl (C=O) groups is 1. The summed E-state index contributed by atoms with van der Waals surface area (Å²) in [6.45, 7) is 9.60. The van der Waals surface area contributed by atoms with E-state index in [0.29, 0.717) is 5.75 Å². The summed E-state index contributed by atoms with van der Waals surface area (Å²) in [4.78, 5) is 12.6. The highest BCUT2D eigenvalue weighted by molar-refractivity contribution is 9.11. The van der Waals surface area contributed by atoms with E-state index in [-0.39, 0.29) is 5.54 Å². The van der Waals surface area contributed by atoms with Crippen molar-refractivity contribution in [3.8, 4) is 5.75 Å². The van der Waals surface area contributed by atoms with E-state index < -0.39 is 6.09 Å². The van der Waals surface area contributed by atoms with Gasteiger partial charge in [-0.15, -0.1) is 11.3 Å². The third kappa shape index (κ3) is 3.49. The van der Waals surface area contributed by atoms with Gasteiger partial charge in [0.25, 0.3) is 0 Å². The Labute approximate surface area is 108 Å². The van der Waals surface area contributed by atoms with Crippen LogP contribution in [0.25, 0.3) is 0 Å². The minimum Gasteiger partial charge on any atom is -0.409 e. The van der Waals surface area contributed by atoms with Crippen molar-refractivity contribution in [1.82, 2.24) is 5.32 Å². The second-order valence-electron chi connectivity index (χ2n) is 4.65. The summed E-state index contributed by atoms with van der Waals surface area (Å²) in [5.41, 5.74) is 0.679. The van der Waals surface area contributed by atoms with Gasteiger partial charge in [0.15, 0.2) is 0 Å². The lowest BCUT2D eigenvalue weighted by molar-refractivity contribution is 0.190. The van der Waals surface area contributed by atoms with Gasteiger partial charge in [-0.05, 0) is 50.5 Å². The number of nitrogens with one attached hydrogen (secondary N) is 1. The molecule has 0 aromatic carbocycles. The van der Waals surface area contributed by atoms with Gasteiger partial charge >= 0.3 is 6.09 Å². The lowest BCUT2D eigenvalue weighted by Crippen LogP contribution is -2.42. The monoisotopic (exact) mass is 305 g/mol. The zero-order valence-corrected chi connectivity index (χ0v) is 12.5. The van der Waals surface area contributed by atoms with Crippen molar-refractivity contribution >= 4 is 33.4 Å². The molecule has 1 aromatic rings. The predicted octanol–water partition coefficient (Wildman–Crippen LogP) is 4.01. The minimum absolute atomic E-state index is 0.286. The summed E-state index contributed by atoms with van der Waals surface area (Å²) >= 11 is 4.99. The second-order valence-corrected chi connectivity index (χ2v) is 7.19. The Hall–Kier alpha value is -0.550. The molecule has 1 rings (SSSR count). The highest BCUT2D eigenvalue weighted by Crippen LogP contribution is 2.37. The van der Waals surface area contributed by atoms with Crippen LogP contribution < -0.4 is 10.1 Å². The quantitative estimate of drug-likeness (QED) is 0.851. The third-order valence-corrected chi connectivity index (χ3v) is 3.93. The molecular formula is C11H16BrNO2S. The van der Waals surface area contributed by atoms with E-state index in [1.165, 1.54) is 0 Å². The molecule has 0 bridgehead atoms. The van der Waals surface area contributed by atoms with Gasteiger partial charge in [-0.3, -0.25) is 0 Å². The number of amides is 1. The molecule has 1 amide bonds. The van der Waals surface area contributed by atoms with Gasteiger partial charge in [0.1, 0.15) is 5.75 Å². The molecule has 1 heterocycles. The van der Waals surface area contributed by atoms with Crippen molar-refractivity contribution in [3.63, 3.8) is 0 Å². The molecule has 0 aliphatic rings. The van der Waals surface area contributed by atoms with E-state index in [0.717, 1.165) is 14.2 Å². The maximum atomic E-state index is 11.6. The number of hydrogen-bond acceptors (Lipinski definition) is 3. The SMILES string of the molecule is Cc1sc(Br)c(C)c1OC(=O)NC(C)(C)C. The number of carbonyl (C=O) groups excluding carboxylic acids is 1. The highest BCUT2D eigenvalue weighted by Gasteiger charge is 2.19. The molecule has 0 saturated heterocycles. The number of rotatable bonds is 1. The largest absolute Gasteiger partial charge is 0.413 e. The van der Waals surface area contributed by atoms with Crippen LogP contribution in [0, 0.1) is 13.8 Å². The summed E-state index contributed by atoms with van der Waals surface area (Å²) < 4.78 is 6.31. The molecule has 0 aliphatic carbocycles. The van der Waals surface area contributed by atoms with Crippen LogP contribution in [0.5, 0.6) is 5.75 Å². The van der Waals surface area contributed by atoms with E-state index in [1.54, 1.807) is 11.3 Å². The van der Waals surface area contributed by atoms with E-state index in [9.17, 15) is 4.79 Å². The summed E-state index contributed by atoms with van der Waals surface area (Å²) in [6.07, 6.45) is -0.413. The normalized spacial score (nSPS) is 11.4. The average Bonchev–Trinajstić information content (AvgIpc) is 2.29. The van der Waals surface area contributed by atoms with E-state index in [1.807, 2.05) is 34.6 Å².